The van der Waals surface area contributed by atoms with Crippen molar-refractivity contribution < 1.29 is 19.2 Å². The molecule has 152 valence electrons. The predicted molar refractivity (Wildman–Crippen MR) is 103 cm³/mol. The van der Waals surface area contributed by atoms with Crippen LogP contribution in [0.15, 0.2) is 18.2 Å². The van der Waals surface area contributed by atoms with E-state index in [9.17, 15) is 9.59 Å². The van der Waals surface area contributed by atoms with Gasteiger partial charge in [-0.15, -0.1) is 0 Å². The molecule has 1 aromatic carbocycles. The zero-order valence-corrected chi connectivity index (χ0v) is 16.7. The van der Waals surface area contributed by atoms with Crippen LogP contribution in [0, 0.1) is 0 Å². The van der Waals surface area contributed by atoms with Crippen molar-refractivity contribution in [3.8, 4) is 0 Å². The number of piperidine rings is 2. The van der Waals surface area contributed by atoms with Crippen LogP contribution in [-0.4, -0.2) is 61.7 Å². The van der Waals surface area contributed by atoms with Crippen LogP contribution >= 0.6 is 0 Å². The van der Waals surface area contributed by atoms with Crippen LogP contribution in [0.2, 0.25) is 0 Å². The summed E-state index contributed by atoms with van der Waals surface area (Å²) < 4.78 is 5.62. The van der Waals surface area contributed by atoms with Crippen molar-refractivity contribution in [2.24, 2.45) is 0 Å². The number of methoxy groups -OCH3 is 1. The summed E-state index contributed by atoms with van der Waals surface area (Å²) in [4.78, 5) is 31.9. The van der Waals surface area contributed by atoms with Crippen molar-refractivity contribution in [2.75, 3.05) is 33.9 Å². The average Bonchev–Trinajstić information content (AvgIpc) is 2.69. The zero-order valence-electron chi connectivity index (χ0n) is 16.7. The third kappa shape index (κ3) is 3.72. The van der Waals surface area contributed by atoms with E-state index >= 15 is 0 Å². The summed E-state index contributed by atoms with van der Waals surface area (Å²) in [5.41, 5.74) is 3.70. The third-order valence-corrected chi connectivity index (χ3v) is 6.45. The average molecular weight is 387 g/mol. The molecule has 3 aliphatic heterocycles. The number of nitrogens with zero attached hydrogens (tertiary/aromatic N) is 2. The number of ether oxygens (including phenoxy) is 1. The molecule has 2 amide bonds. The number of amides is 2. The topological polar surface area (TPSA) is 71.1 Å². The lowest BCUT2D eigenvalue weighted by Crippen LogP contribution is -2.52. The van der Waals surface area contributed by atoms with E-state index < -0.39 is 6.04 Å². The Morgan fingerprint density at radius 1 is 1.25 bits per heavy atom. The summed E-state index contributed by atoms with van der Waals surface area (Å²) in [5, 5.41) is 4.16. The normalized spacial score (nSPS) is 26.0. The Balaban J connectivity index is 1.56. The fourth-order valence-electron chi connectivity index (χ4n) is 4.61. The first-order valence-electron chi connectivity index (χ1n) is 10.0. The number of hydrogen-bond donors (Lipinski definition) is 1. The molecule has 1 N–H and O–H groups in total. The maximum Gasteiger partial charge on any atom is 0.246 e. The van der Waals surface area contributed by atoms with Gasteiger partial charge in [0.25, 0.3) is 0 Å². The molecule has 1 unspecified atom stereocenters. The van der Waals surface area contributed by atoms with Gasteiger partial charge in [-0.1, -0.05) is 18.2 Å². The first-order chi connectivity index (χ1) is 13.5. The van der Waals surface area contributed by atoms with Gasteiger partial charge in [0.1, 0.15) is 6.04 Å². The first kappa shape index (κ1) is 19.5. The van der Waals surface area contributed by atoms with Gasteiger partial charge in [-0.25, -0.2) is 0 Å². The highest BCUT2D eigenvalue weighted by atomic mass is 16.7. The molecule has 2 saturated heterocycles. The van der Waals surface area contributed by atoms with E-state index in [0.717, 1.165) is 31.5 Å². The van der Waals surface area contributed by atoms with Gasteiger partial charge in [0.2, 0.25) is 11.8 Å². The van der Waals surface area contributed by atoms with Gasteiger partial charge in [0, 0.05) is 18.9 Å². The molecule has 3 heterocycles. The molecule has 0 aromatic heterocycles. The van der Waals surface area contributed by atoms with Crippen molar-refractivity contribution in [1.82, 2.24) is 15.3 Å². The summed E-state index contributed by atoms with van der Waals surface area (Å²) in [5.74, 6) is -0.466. The molecule has 4 rings (SSSR count). The SMILES string of the molecule is COCC1(c2ccc3c(c2)CN(C2CCC(=O)NC2=O)OC3)CCN(C)CC1. The number of carbonyl (C=O) groups excluding carboxylic acids is 2. The standard InChI is InChI=1S/C21H29N3O4/c1-23-9-7-21(8-10-23,14-27-2)17-4-3-15-13-28-24(12-16(15)11-17)18-5-6-19(25)22-20(18)26/h3-4,11,18H,5-10,12-14H2,1-2H3,(H,22,25,26). The Labute approximate surface area is 165 Å². The van der Waals surface area contributed by atoms with Crippen LogP contribution in [0.1, 0.15) is 42.4 Å². The third-order valence-electron chi connectivity index (χ3n) is 6.45. The van der Waals surface area contributed by atoms with Crippen molar-refractivity contribution in [3.05, 3.63) is 34.9 Å². The fraction of sp³-hybridized carbons (Fsp3) is 0.619. The maximum atomic E-state index is 12.2. The highest BCUT2D eigenvalue weighted by Gasteiger charge is 2.38. The van der Waals surface area contributed by atoms with Gasteiger partial charge in [0.05, 0.1) is 19.8 Å². The number of likely N-dealkylation sites (tertiary alicyclic amines) is 1. The smallest absolute Gasteiger partial charge is 0.246 e. The van der Waals surface area contributed by atoms with E-state index in [4.69, 9.17) is 9.57 Å². The molecular formula is C21H29N3O4. The number of fused-ring (bicyclic) bond motifs is 1. The minimum Gasteiger partial charge on any atom is -0.384 e. The van der Waals surface area contributed by atoms with Crippen LogP contribution in [0.25, 0.3) is 0 Å². The lowest BCUT2D eigenvalue weighted by molar-refractivity contribution is -0.216. The summed E-state index contributed by atoms with van der Waals surface area (Å²) in [6, 6.07) is 6.24. The summed E-state index contributed by atoms with van der Waals surface area (Å²) >= 11 is 0. The molecule has 7 nitrogen and oxygen atoms in total. The highest BCUT2D eigenvalue weighted by molar-refractivity contribution is 6.00. The van der Waals surface area contributed by atoms with Crippen LogP contribution in [0.4, 0.5) is 0 Å². The maximum absolute atomic E-state index is 12.2. The summed E-state index contributed by atoms with van der Waals surface area (Å²) in [7, 11) is 3.94. The molecule has 1 aromatic rings. The second kappa shape index (κ2) is 7.91. The minimum atomic E-state index is -0.411. The highest BCUT2D eigenvalue weighted by Crippen LogP contribution is 2.37. The minimum absolute atomic E-state index is 0.0358. The summed E-state index contributed by atoms with van der Waals surface area (Å²) in [6.45, 7) is 3.84. The van der Waals surface area contributed by atoms with Crippen molar-refractivity contribution in [3.63, 3.8) is 0 Å². The molecule has 7 heteroatoms. The molecule has 0 aliphatic carbocycles. The van der Waals surface area contributed by atoms with Gasteiger partial charge in [0.15, 0.2) is 0 Å². The zero-order chi connectivity index (χ0) is 19.7. The van der Waals surface area contributed by atoms with Crippen LogP contribution < -0.4 is 5.32 Å². The Hall–Kier alpha value is -1.80. The van der Waals surface area contributed by atoms with Crippen LogP contribution in [0.3, 0.4) is 0 Å². The first-order valence-corrected chi connectivity index (χ1v) is 10.0. The van der Waals surface area contributed by atoms with E-state index in [0.29, 0.717) is 32.6 Å². The molecule has 0 bridgehead atoms. The summed E-state index contributed by atoms with van der Waals surface area (Å²) in [6.07, 6.45) is 3.00. The van der Waals surface area contributed by atoms with E-state index in [2.05, 4.69) is 35.5 Å². The largest absolute Gasteiger partial charge is 0.384 e. The van der Waals surface area contributed by atoms with Crippen molar-refractivity contribution in [1.29, 1.82) is 0 Å². The van der Waals surface area contributed by atoms with E-state index in [1.807, 2.05) is 0 Å². The molecule has 1 atom stereocenters. The Kier molecular flexibility index (Phi) is 5.51. The number of hydrogen-bond acceptors (Lipinski definition) is 6. The number of benzene rings is 1. The van der Waals surface area contributed by atoms with Crippen LogP contribution in [0.5, 0.6) is 0 Å². The van der Waals surface area contributed by atoms with Gasteiger partial charge in [-0.2, -0.15) is 5.06 Å². The number of carbonyl (C=O) groups is 2. The quantitative estimate of drug-likeness (QED) is 0.787. The van der Waals surface area contributed by atoms with Crippen LogP contribution in [-0.2, 0) is 37.7 Å². The van der Waals surface area contributed by atoms with Crippen molar-refractivity contribution in [2.45, 2.75) is 50.3 Å². The molecule has 28 heavy (non-hydrogen) atoms. The molecule has 0 radical (unpaired) electrons. The van der Waals surface area contributed by atoms with Crippen molar-refractivity contribution >= 4 is 11.8 Å². The second-order valence-corrected chi connectivity index (χ2v) is 8.32. The van der Waals surface area contributed by atoms with E-state index in [-0.39, 0.29) is 17.2 Å². The lowest BCUT2D eigenvalue weighted by Gasteiger charge is -2.41. The van der Waals surface area contributed by atoms with Gasteiger partial charge < -0.3 is 9.64 Å². The molecular weight excluding hydrogens is 358 g/mol. The van der Waals surface area contributed by atoms with Gasteiger partial charge in [-0.3, -0.25) is 19.7 Å². The number of nitrogens with one attached hydrogen (secondary N) is 1. The monoisotopic (exact) mass is 387 g/mol. The van der Waals surface area contributed by atoms with Gasteiger partial charge >= 0.3 is 0 Å². The van der Waals surface area contributed by atoms with Gasteiger partial charge in [-0.05, 0) is 56.1 Å². The molecule has 3 aliphatic rings. The second-order valence-electron chi connectivity index (χ2n) is 8.32. The Morgan fingerprint density at radius 3 is 2.75 bits per heavy atom. The lowest BCUT2D eigenvalue weighted by atomic mass is 9.72. The number of hydroxylamine groups is 2. The predicted octanol–water partition coefficient (Wildman–Crippen LogP) is 1.35. The molecule has 0 spiro atoms. The van der Waals surface area contributed by atoms with E-state index in [1.54, 1.807) is 12.2 Å². The van der Waals surface area contributed by atoms with E-state index in [1.165, 1.54) is 11.1 Å². The Bertz CT molecular complexity index is 758. The fourth-order valence-corrected chi connectivity index (χ4v) is 4.61. The Morgan fingerprint density at radius 2 is 2.04 bits per heavy atom. The molecule has 0 saturated carbocycles. The number of imide groups is 1. The molecule has 2 fully saturated rings. The number of rotatable bonds is 4.